The van der Waals surface area contributed by atoms with Crippen molar-refractivity contribution in [3.05, 3.63) is 64.1 Å². The Labute approximate surface area is 174 Å². The second-order valence-corrected chi connectivity index (χ2v) is 8.89. The van der Waals surface area contributed by atoms with Gasteiger partial charge in [0.2, 0.25) is 5.91 Å². The van der Waals surface area contributed by atoms with Gasteiger partial charge in [-0.2, -0.15) is 0 Å². The number of halogens is 1. The molecule has 148 valence electrons. The smallest absolute Gasteiger partial charge is 0.411 e. The van der Waals surface area contributed by atoms with Gasteiger partial charge < -0.3 is 9.64 Å². The van der Waals surface area contributed by atoms with Gasteiger partial charge in [0, 0.05) is 10.2 Å². The molecule has 1 fully saturated rings. The van der Waals surface area contributed by atoms with Crippen LogP contribution in [0.4, 0.5) is 10.5 Å². The van der Waals surface area contributed by atoms with E-state index in [9.17, 15) is 9.59 Å². The van der Waals surface area contributed by atoms with Crippen molar-refractivity contribution in [1.82, 2.24) is 4.90 Å². The van der Waals surface area contributed by atoms with E-state index in [4.69, 9.17) is 4.74 Å². The third-order valence-corrected chi connectivity index (χ3v) is 5.10. The Bertz CT molecular complexity index is 891. The average Bonchev–Trinajstić information content (AvgIpc) is 2.61. The molecule has 1 saturated heterocycles. The van der Waals surface area contributed by atoms with Crippen molar-refractivity contribution in [2.45, 2.75) is 39.3 Å². The van der Waals surface area contributed by atoms with Crippen molar-refractivity contribution in [2.75, 3.05) is 18.0 Å². The summed E-state index contributed by atoms with van der Waals surface area (Å²) in [4.78, 5) is 29.1. The number of nitrogens with zero attached hydrogens (tertiary/aromatic N) is 2. The molecular formula is C22H25BrN2O3. The highest BCUT2D eigenvalue weighted by atomic mass is 79.9. The summed E-state index contributed by atoms with van der Waals surface area (Å²) in [6.45, 7) is 7.80. The molecule has 0 radical (unpaired) electrons. The topological polar surface area (TPSA) is 49.9 Å². The summed E-state index contributed by atoms with van der Waals surface area (Å²) in [6.07, 6.45) is -0.477. The molecular weight excluding hydrogens is 420 g/mol. The number of carbonyl (C=O) groups is 2. The van der Waals surface area contributed by atoms with Crippen molar-refractivity contribution < 1.29 is 14.3 Å². The lowest BCUT2D eigenvalue weighted by Crippen LogP contribution is -2.55. The predicted molar refractivity (Wildman–Crippen MR) is 113 cm³/mol. The van der Waals surface area contributed by atoms with E-state index in [1.807, 2.05) is 76.2 Å². The number of piperazine rings is 1. The molecule has 6 heteroatoms. The zero-order valence-corrected chi connectivity index (χ0v) is 18.2. The van der Waals surface area contributed by atoms with Gasteiger partial charge in [-0.15, -0.1) is 0 Å². The van der Waals surface area contributed by atoms with E-state index in [1.165, 1.54) is 4.90 Å². The van der Waals surface area contributed by atoms with Crippen LogP contribution in [0.5, 0.6) is 0 Å². The Morgan fingerprint density at radius 2 is 1.86 bits per heavy atom. The number of ether oxygens (including phenoxy) is 1. The lowest BCUT2D eigenvalue weighted by molar-refractivity contribution is -0.122. The summed E-state index contributed by atoms with van der Waals surface area (Å²) in [5.41, 5.74) is 2.21. The number of para-hydroxylation sites is 1. The largest absolute Gasteiger partial charge is 0.444 e. The number of hydrogen-bond donors (Lipinski definition) is 0. The quantitative estimate of drug-likeness (QED) is 0.648. The Balaban J connectivity index is 1.98. The van der Waals surface area contributed by atoms with Gasteiger partial charge in [0.15, 0.2) is 0 Å². The van der Waals surface area contributed by atoms with Gasteiger partial charge in [0.1, 0.15) is 12.1 Å². The second-order valence-electron chi connectivity index (χ2n) is 7.97. The minimum absolute atomic E-state index is 0.0274. The lowest BCUT2D eigenvalue weighted by Gasteiger charge is -2.41. The summed E-state index contributed by atoms with van der Waals surface area (Å²) >= 11 is 3.50. The SMILES string of the molecule is Cc1ccccc1N1CC(c2cccc(Br)c2)N(C(=O)OC(C)(C)C)CC1=O. The van der Waals surface area contributed by atoms with E-state index < -0.39 is 11.7 Å². The normalized spacial score (nSPS) is 17.6. The van der Waals surface area contributed by atoms with Gasteiger partial charge in [-0.3, -0.25) is 9.69 Å². The van der Waals surface area contributed by atoms with Crippen LogP contribution in [-0.4, -0.2) is 35.6 Å². The minimum atomic E-state index is -0.630. The maximum Gasteiger partial charge on any atom is 0.411 e. The number of rotatable bonds is 2. The fourth-order valence-electron chi connectivity index (χ4n) is 3.33. The zero-order chi connectivity index (χ0) is 20.5. The van der Waals surface area contributed by atoms with Crippen LogP contribution in [0.15, 0.2) is 53.0 Å². The first-order valence-electron chi connectivity index (χ1n) is 9.27. The molecule has 2 aromatic carbocycles. The van der Waals surface area contributed by atoms with Gasteiger partial charge in [-0.25, -0.2) is 4.79 Å². The van der Waals surface area contributed by atoms with Gasteiger partial charge in [0.05, 0.1) is 12.6 Å². The number of amides is 2. The van der Waals surface area contributed by atoms with E-state index >= 15 is 0 Å². The van der Waals surface area contributed by atoms with E-state index in [1.54, 1.807) is 4.90 Å². The molecule has 1 heterocycles. The first-order valence-corrected chi connectivity index (χ1v) is 10.1. The van der Waals surface area contributed by atoms with Crippen molar-refractivity contribution in [3.8, 4) is 0 Å². The molecule has 0 aliphatic carbocycles. The van der Waals surface area contributed by atoms with Crippen LogP contribution in [0.2, 0.25) is 0 Å². The summed E-state index contributed by atoms with van der Waals surface area (Å²) in [5.74, 6) is -0.119. The third-order valence-electron chi connectivity index (χ3n) is 4.61. The van der Waals surface area contributed by atoms with Crippen LogP contribution in [-0.2, 0) is 9.53 Å². The highest BCUT2D eigenvalue weighted by Crippen LogP contribution is 2.32. The maximum atomic E-state index is 12.9. The molecule has 0 spiro atoms. The summed E-state index contributed by atoms with van der Waals surface area (Å²) in [6, 6.07) is 15.3. The molecule has 1 aliphatic rings. The number of hydrogen-bond acceptors (Lipinski definition) is 3. The first-order chi connectivity index (χ1) is 13.2. The molecule has 1 atom stereocenters. The maximum absolute atomic E-state index is 12.9. The van der Waals surface area contributed by atoms with Gasteiger partial charge in [0.25, 0.3) is 0 Å². The monoisotopic (exact) mass is 444 g/mol. The summed E-state index contributed by atoms with van der Waals surface area (Å²) in [5, 5.41) is 0. The van der Waals surface area contributed by atoms with E-state index in [2.05, 4.69) is 15.9 Å². The zero-order valence-electron chi connectivity index (χ0n) is 16.6. The van der Waals surface area contributed by atoms with Crippen molar-refractivity contribution in [2.24, 2.45) is 0 Å². The molecule has 0 bridgehead atoms. The molecule has 2 aromatic rings. The van der Waals surface area contributed by atoms with Gasteiger partial charge in [-0.05, 0) is 57.0 Å². The van der Waals surface area contributed by atoms with E-state index in [0.29, 0.717) is 6.54 Å². The summed E-state index contributed by atoms with van der Waals surface area (Å²) in [7, 11) is 0. The van der Waals surface area contributed by atoms with Crippen molar-refractivity contribution >= 4 is 33.6 Å². The van der Waals surface area contributed by atoms with E-state index in [-0.39, 0.29) is 18.5 Å². The molecule has 3 rings (SSSR count). The van der Waals surface area contributed by atoms with Crippen LogP contribution < -0.4 is 4.90 Å². The van der Waals surface area contributed by atoms with Crippen LogP contribution in [0.25, 0.3) is 0 Å². The van der Waals surface area contributed by atoms with Crippen LogP contribution in [0.3, 0.4) is 0 Å². The molecule has 2 amide bonds. The van der Waals surface area contributed by atoms with Crippen LogP contribution in [0, 0.1) is 6.92 Å². The van der Waals surface area contributed by atoms with Crippen molar-refractivity contribution in [3.63, 3.8) is 0 Å². The number of carbonyl (C=O) groups excluding carboxylic acids is 2. The Morgan fingerprint density at radius 3 is 2.50 bits per heavy atom. The highest BCUT2D eigenvalue weighted by molar-refractivity contribution is 9.10. The number of anilines is 1. The van der Waals surface area contributed by atoms with Crippen LogP contribution >= 0.6 is 15.9 Å². The molecule has 1 unspecified atom stereocenters. The lowest BCUT2D eigenvalue weighted by atomic mass is 10.0. The molecule has 0 N–H and O–H groups in total. The Kier molecular flexibility index (Phi) is 5.79. The second kappa shape index (κ2) is 7.95. The van der Waals surface area contributed by atoms with Crippen LogP contribution in [0.1, 0.15) is 37.9 Å². The Hall–Kier alpha value is -2.34. The highest BCUT2D eigenvalue weighted by Gasteiger charge is 2.39. The first kappa shape index (κ1) is 20.4. The molecule has 28 heavy (non-hydrogen) atoms. The summed E-state index contributed by atoms with van der Waals surface area (Å²) < 4.78 is 6.50. The van der Waals surface area contributed by atoms with Gasteiger partial charge >= 0.3 is 6.09 Å². The van der Waals surface area contributed by atoms with Crippen molar-refractivity contribution in [1.29, 1.82) is 0 Å². The van der Waals surface area contributed by atoms with E-state index in [0.717, 1.165) is 21.3 Å². The fraction of sp³-hybridized carbons (Fsp3) is 0.364. The number of benzene rings is 2. The molecule has 5 nitrogen and oxygen atoms in total. The third kappa shape index (κ3) is 4.55. The molecule has 1 aliphatic heterocycles. The fourth-order valence-corrected chi connectivity index (χ4v) is 3.74. The average molecular weight is 445 g/mol. The molecule has 0 aromatic heterocycles. The standard InChI is InChI=1S/C22H25BrN2O3/c1-15-8-5-6-11-18(15)24-13-19(16-9-7-10-17(23)12-16)25(14-20(24)26)21(27)28-22(2,3)4/h5-12,19H,13-14H2,1-4H3. The predicted octanol–water partition coefficient (Wildman–Crippen LogP) is 5.08. The minimum Gasteiger partial charge on any atom is -0.444 e. The molecule has 0 saturated carbocycles. The Morgan fingerprint density at radius 1 is 1.14 bits per heavy atom. The number of aryl methyl sites for hydroxylation is 1. The van der Waals surface area contributed by atoms with Gasteiger partial charge in [-0.1, -0.05) is 46.3 Å².